The van der Waals surface area contributed by atoms with Crippen LogP contribution in [-0.4, -0.2) is 43.2 Å². The van der Waals surface area contributed by atoms with Gasteiger partial charge in [-0.2, -0.15) is 0 Å². The molecule has 0 fully saturated rings. The summed E-state index contributed by atoms with van der Waals surface area (Å²) in [5.41, 5.74) is 0.490. The van der Waals surface area contributed by atoms with Crippen LogP contribution in [0.3, 0.4) is 0 Å². The van der Waals surface area contributed by atoms with Gasteiger partial charge in [0.1, 0.15) is 0 Å². The largest absolute Gasteiger partial charge is 0.462 e. The van der Waals surface area contributed by atoms with Crippen LogP contribution in [0.5, 0.6) is 0 Å². The van der Waals surface area contributed by atoms with Gasteiger partial charge in [-0.1, -0.05) is 40.2 Å². The minimum Gasteiger partial charge on any atom is -0.462 e. The maximum atomic E-state index is 11.3. The number of esters is 1. The smallest absolute Gasteiger partial charge is 0.333 e. The molecule has 0 saturated heterocycles. The molecule has 0 unspecified atom stereocenters. The van der Waals surface area contributed by atoms with Crippen molar-refractivity contribution in [3.63, 3.8) is 0 Å². The van der Waals surface area contributed by atoms with Gasteiger partial charge in [-0.3, -0.25) is 0 Å². The van der Waals surface area contributed by atoms with Gasteiger partial charge >= 0.3 is 5.97 Å². The molecule has 0 aliphatic rings. The second-order valence-corrected chi connectivity index (χ2v) is 7.63. The van der Waals surface area contributed by atoms with Crippen LogP contribution in [0.1, 0.15) is 91.9 Å². The molecule has 25 heavy (non-hydrogen) atoms. The average molecular weight is 355 g/mol. The zero-order valence-electron chi connectivity index (χ0n) is 17.6. The van der Waals surface area contributed by atoms with E-state index >= 15 is 0 Å². The first-order valence-electron chi connectivity index (χ1n) is 10.7. The van der Waals surface area contributed by atoms with Crippen LogP contribution in [-0.2, 0) is 9.53 Å². The second-order valence-electron chi connectivity index (χ2n) is 7.63. The molecule has 0 aliphatic heterocycles. The SMILES string of the molecule is C=C(C)C(=O)OCCCCCC[N+](CCC)(CCC)CCCCCC. The molecular formula is C22H44NO2+. The summed E-state index contributed by atoms with van der Waals surface area (Å²) in [5.74, 6) is -0.256. The number of hydrogen-bond donors (Lipinski definition) is 0. The van der Waals surface area contributed by atoms with E-state index in [4.69, 9.17) is 4.74 Å². The third-order valence-electron chi connectivity index (χ3n) is 4.99. The molecule has 3 nitrogen and oxygen atoms in total. The van der Waals surface area contributed by atoms with Crippen molar-refractivity contribution >= 4 is 5.97 Å². The lowest BCUT2D eigenvalue weighted by Crippen LogP contribution is -2.50. The van der Waals surface area contributed by atoms with Gasteiger partial charge in [0, 0.05) is 5.57 Å². The summed E-state index contributed by atoms with van der Waals surface area (Å²) < 4.78 is 6.48. The van der Waals surface area contributed by atoms with E-state index in [9.17, 15) is 4.79 Å². The Labute approximate surface area is 157 Å². The first-order chi connectivity index (χ1) is 12.0. The standard InChI is InChI=1S/C22H44NO2/c1-6-9-10-13-18-23(16-7-2,17-8-3)19-14-11-12-15-20-25-22(24)21(4)5/h4,6-20H2,1-3,5H3/q+1. The normalized spacial score (nSPS) is 11.5. The molecule has 0 aromatic heterocycles. The summed E-state index contributed by atoms with van der Waals surface area (Å²) in [4.78, 5) is 11.3. The Morgan fingerprint density at radius 2 is 1.28 bits per heavy atom. The summed E-state index contributed by atoms with van der Waals surface area (Å²) >= 11 is 0. The van der Waals surface area contributed by atoms with Crippen LogP contribution in [0.2, 0.25) is 0 Å². The number of carbonyl (C=O) groups is 1. The number of rotatable bonds is 17. The van der Waals surface area contributed by atoms with Crippen LogP contribution >= 0.6 is 0 Å². The lowest BCUT2D eigenvalue weighted by Gasteiger charge is -2.39. The van der Waals surface area contributed by atoms with Crippen molar-refractivity contribution < 1.29 is 14.0 Å². The van der Waals surface area contributed by atoms with Gasteiger partial charge < -0.3 is 9.22 Å². The fraction of sp³-hybridized carbons (Fsp3) is 0.864. The zero-order valence-corrected chi connectivity index (χ0v) is 17.6. The predicted molar refractivity (Wildman–Crippen MR) is 109 cm³/mol. The molecule has 0 N–H and O–H groups in total. The molecule has 0 aliphatic carbocycles. The Kier molecular flexibility index (Phi) is 14.9. The van der Waals surface area contributed by atoms with Crippen molar-refractivity contribution in [2.75, 3.05) is 32.8 Å². The molecule has 0 heterocycles. The third kappa shape index (κ3) is 12.2. The summed E-state index contributed by atoms with van der Waals surface area (Å²) in [5, 5.41) is 0. The number of unbranched alkanes of at least 4 members (excludes halogenated alkanes) is 6. The predicted octanol–water partition coefficient (Wildman–Crippen LogP) is 5.88. The molecule has 0 saturated carbocycles. The van der Waals surface area contributed by atoms with E-state index in [1.54, 1.807) is 6.92 Å². The molecule has 0 aromatic rings. The highest BCUT2D eigenvalue weighted by atomic mass is 16.5. The Morgan fingerprint density at radius 1 is 0.760 bits per heavy atom. The minimum absolute atomic E-state index is 0.256. The van der Waals surface area contributed by atoms with Crippen molar-refractivity contribution in [1.29, 1.82) is 0 Å². The molecule has 0 radical (unpaired) electrons. The maximum Gasteiger partial charge on any atom is 0.333 e. The molecule has 0 spiro atoms. The third-order valence-corrected chi connectivity index (χ3v) is 4.99. The Balaban J connectivity index is 4.10. The van der Waals surface area contributed by atoms with E-state index in [0.717, 1.165) is 12.8 Å². The van der Waals surface area contributed by atoms with Gasteiger partial charge in [0.25, 0.3) is 0 Å². The van der Waals surface area contributed by atoms with E-state index in [-0.39, 0.29) is 5.97 Å². The number of nitrogens with zero attached hydrogens (tertiary/aromatic N) is 1. The highest BCUT2D eigenvalue weighted by Gasteiger charge is 2.24. The van der Waals surface area contributed by atoms with E-state index in [2.05, 4.69) is 27.4 Å². The molecule has 0 amide bonds. The molecule has 148 valence electrons. The van der Waals surface area contributed by atoms with Crippen molar-refractivity contribution in [2.45, 2.75) is 91.9 Å². The highest BCUT2D eigenvalue weighted by Crippen LogP contribution is 2.16. The Bertz CT molecular complexity index is 346. The molecule has 3 heteroatoms. The molecule has 0 atom stereocenters. The van der Waals surface area contributed by atoms with Crippen molar-refractivity contribution in [1.82, 2.24) is 0 Å². The van der Waals surface area contributed by atoms with Gasteiger partial charge in [0.15, 0.2) is 0 Å². The lowest BCUT2D eigenvalue weighted by atomic mass is 10.1. The van der Waals surface area contributed by atoms with Crippen LogP contribution in [0.4, 0.5) is 0 Å². The number of hydrogen-bond acceptors (Lipinski definition) is 2. The average Bonchev–Trinajstić information content (AvgIpc) is 2.58. The fourth-order valence-corrected chi connectivity index (χ4v) is 3.68. The van der Waals surface area contributed by atoms with Gasteiger partial charge in [-0.15, -0.1) is 0 Å². The lowest BCUT2D eigenvalue weighted by molar-refractivity contribution is -0.928. The van der Waals surface area contributed by atoms with E-state index < -0.39 is 0 Å². The topological polar surface area (TPSA) is 26.3 Å². The van der Waals surface area contributed by atoms with Gasteiger partial charge in [0.05, 0.1) is 32.8 Å². The Morgan fingerprint density at radius 3 is 1.76 bits per heavy atom. The van der Waals surface area contributed by atoms with Crippen molar-refractivity contribution in [3.8, 4) is 0 Å². The minimum atomic E-state index is -0.256. The summed E-state index contributed by atoms with van der Waals surface area (Å²) in [7, 11) is 0. The molecule has 0 rings (SSSR count). The van der Waals surface area contributed by atoms with Crippen LogP contribution in [0, 0.1) is 0 Å². The summed E-state index contributed by atoms with van der Waals surface area (Å²) in [6, 6.07) is 0. The van der Waals surface area contributed by atoms with Crippen molar-refractivity contribution in [3.05, 3.63) is 12.2 Å². The zero-order chi connectivity index (χ0) is 19.0. The molecule has 0 bridgehead atoms. The van der Waals surface area contributed by atoms with E-state index in [0.29, 0.717) is 12.2 Å². The molecule has 0 aromatic carbocycles. The van der Waals surface area contributed by atoms with Gasteiger partial charge in [-0.05, 0) is 58.3 Å². The number of ether oxygens (including phenoxy) is 1. The van der Waals surface area contributed by atoms with E-state index in [1.165, 1.54) is 82.0 Å². The van der Waals surface area contributed by atoms with Crippen LogP contribution in [0.25, 0.3) is 0 Å². The number of quaternary nitrogens is 1. The van der Waals surface area contributed by atoms with Crippen LogP contribution in [0.15, 0.2) is 12.2 Å². The Hall–Kier alpha value is -0.830. The monoisotopic (exact) mass is 354 g/mol. The second kappa shape index (κ2) is 15.4. The van der Waals surface area contributed by atoms with Crippen molar-refractivity contribution in [2.24, 2.45) is 0 Å². The quantitative estimate of drug-likeness (QED) is 0.141. The number of carbonyl (C=O) groups excluding carboxylic acids is 1. The molecular weight excluding hydrogens is 310 g/mol. The summed E-state index contributed by atoms with van der Waals surface area (Å²) in [6.45, 7) is 18.1. The summed E-state index contributed by atoms with van der Waals surface area (Å²) in [6.07, 6.45) is 12.7. The van der Waals surface area contributed by atoms with Gasteiger partial charge in [-0.25, -0.2) is 4.79 Å². The highest BCUT2D eigenvalue weighted by molar-refractivity contribution is 5.86. The van der Waals surface area contributed by atoms with Crippen LogP contribution < -0.4 is 0 Å². The van der Waals surface area contributed by atoms with Gasteiger partial charge in [0.2, 0.25) is 0 Å². The first-order valence-corrected chi connectivity index (χ1v) is 10.7. The first kappa shape index (κ1) is 24.2. The maximum absolute atomic E-state index is 11.3. The van der Waals surface area contributed by atoms with E-state index in [1.807, 2.05) is 0 Å². The fourth-order valence-electron chi connectivity index (χ4n) is 3.68.